The van der Waals surface area contributed by atoms with Crippen LogP contribution in [-0.2, 0) is 14.3 Å². The highest BCUT2D eigenvalue weighted by atomic mass is 16.5. The zero-order valence-corrected chi connectivity index (χ0v) is 9.96. The van der Waals surface area contributed by atoms with Crippen LogP contribution in [0, 0.1) is 5.92 Å². The van der Waals surface area contributed by atoms with Crippen molar-refractivity contribution in [1.82, 2.24) is 5.32 Å². The highest BCUT2D eigenvalue weighted by molar-refractivity contribution is 5.83. The number of carbonyl (C=O) groups excluding carboxylic acids is 2. The number of hydrogen-bond donors (Lipinski definition) is 1. The van der Waals surface area contributed by atoms with E-state index in [0.29, 0.717) is 6.61 Å². The lowest BCUT2D eigenvalue weighted by Crippen LogP contribution is -2.34. The predicted octanol–water partition coefficient (Wildman–Crippen LogP) is 1.64. The van der Waals surface area contributed by atoms with E-state index in [4.69, 9.17) is 4.74 Å². The summed E-state index contributed by atoms with van der Waals surface area (Å²) in [7, 11) is 0. The van der Waals surface area contributed by atoms with Gasteiger partial charge in [-0.15, -0.1) is 0 Å². The maximum Gasteiger partial charge on any atom is 0.325 e. The Hall–Kier alpha value is -1.06. The van der Waals surface area contributed by atoms with Crippen LogP contribution >= 0.6 is 0 Å². The van der Waals surface area contributed by atoms with Crippen LogP contribution in [0.3, 0.4) is 0 Å². The smallest absolute Gasteiger partial charge is 0.325 e. The molecule has 4 nitrogen and oxygen atoms in total. The first kappa shape index (κ1) is 13.0. The Morgan fingerprint density at radius 3 is 2.62 bits per heavy atom. The molecule has 0 aromatic carbocycles. The number of esters is 1. The maximum absolute atomic E-state index is 11.6. The van der Waals surface area contributed by atoms with Crippen LogP contribution < -0.4 is 5.32 Å². The lowest BCUT2D eigenvalue weighted by atomic mass is 10.1. The lowest BCUT2D eigenvalue weighted by molar-refractivity contribution is -0.144. The number of carbonyl (C=O) groups is 2. The van der Waals surface area contributed by atoms with Crippen LogP contribution in [0.5, 0.6) is 0 Å². The molecule has 0 aromatic heterocycles. The van der Waals surface area contributed by atoms with Crippen molar-refractivity contribution in [2.24, 2.45) is 5.92 Å². The van der Waals surface area contributed by atoms with Crippen molar-refractivity contribution < 1.29 is 14.3 Å². The van der Waals surface area contributed by atoms with E-state index in [0.717, 1.165) is 38.5 Å². The van der Waals surface area contributed by atoms with Gasteiger partial charge in [-0.05, 0) is 19.3 Å². The fourth-order valence-electron chi connectivity index (χ4n) is 1.87. The van der Waals surface area contributed by atoms with Gasteiger partial charge in [0.1, 0.15) is 6.54 Å². The molecule has 92 valence electrons. The minimum absolute atomic E-state index is 0.00458. The standard InChI is InChI=1S/C12H21NO3/c1-2-3-8-16-11(14)9-13-12(15)10-6-4-5-7-10/h10H,2-9H2,1H3,(H,13,15). The molecular weight excluding hydrogens is 206 g/mol. The monoisotopic (exact) mass is 227 g/mol. The summed E-state index contributed by atoms with van der Waals surface area (Å²) in [6.07, 6.45) is 6.04. The van der Waals surface area contributed by atoms with Gasteiger partial charge in [0.05, 0.1) is 6.61 Å². The second kappa shape index (κ2) is 7.25. The Morgan fingerprint density at radius 2 is 2.00 bits per heavy atom. The van der Waals surface area contributed by atoms with Gasteiger partial charge in [0, 0.05) is 5.92 Å². The summed E-state index contributed by atoms with van der Waals surface area (Å²) in [5, 5.41) is 2.64. The van der Waals surface area contributed by atoms with E-state index in [-0.39, 0.29) is 24.3 Å². The molecule has 1 N–H and O–H groups in total. The molecule has 4 heteroatoms. The Bertz CT molecular complexity index is 234. The van der Waals surface area contributed by atoms with Crippen LogP contribution in [0.25, 0.3) is 0 Å². The third-order valence-electron chi connectivity index (χ3n) is 2.89. The van der Waals surface area contributed by atoms with Crippen LogP contribution in [0.4, 0.5) is 0 Å². The molecular formula is C12H21NO3. The van der Waals surface area contributed by atoms with E-state index in [1.165, 1.54) is 0 Å². The molecule has 0 unspecified atom stereocenters. The molecule has 0 aliphatic heterocycles. The average Bonchev–Trinajstić information content (AvgIpc) is 2.79. The van der Waals surface area contributed by atoms with Crippen molar-refractivity contribution in [1.29, 1.82) is 0 Å². The average molecular weight is 227 g/mol. The summed E-state index contributed by atoms with van der Waals surface area (Å²) in [6.45, 7) is 2.50. The van der Waals surface area contributed by atoms with Gasteiger partial charge in [0.15, 0.2) is 0 Å². The number of hydrogen-bond acceptors (Lipinski definition) is 3. The van der Waals surface area contributed by atoms with Gasteiger partial charge >= 0.3 is 5.97 Å². The summed E-state index contributed by atoms with van der Waals surface area (Å²) < 4.78 is 4.94. The molecule has 0 radical (unpaired) electrons. The van der Waals surface area contributed by atoms with Crippen molar-refractivity contribution >= 4 is 11.9 Å². The van der Waals surface area contributed by atoms with Gasteiger partial charge in [-0.25, -0.2) is 0 Å². The Kier molecular flexibility index (Phi) is 5.90. The summed E-state index contributed by atoms with van der Waals surface area (Å²) >= 11 is 0. The maximum atomic E-state index is 11.6. The summed E-state index contributed by atoms with van der Waals surface area (Å²) in [4.78, 5) is 22.8. The SMILES string of the molecule is CCCCOC(=O)CNC(=O)C1CCCC1. The van der Waals surface area contributed by atoms with Crippen LogP contribution in [0.15, 0.2) is 0 Å². The first-order valence-corrected chi connectivity index (χ1v) is 6.17. The van der Waals surface area contributed by atoms with Gasteiger partial charge in [-0.3, -0.25) is 9.59 Å². The molecule has 0 heterocycles. The van der Waals surface area contributed by atoms with Gasteiger partial charge in [-0.1, -0.05) is 26.2 Å². The zero-order chi connectivity index (χ0) is 11.8. The molecule has 0 bridgehead atoms. The first-order chi connectivity index (χ1) is 7.74. The summed E-state index contributed by atoms with van der Waals surface area (Å²) in [5.41, 5.74) is 0. The Labute approximate surface area is 96.7 Å². The van der Waals surface area contributed by atoms with E-state index in [1.807, 2.05) is 6.92 Å². The predicted molar refractivity (Wildman–Crippen MR) is 60.8 cm³/mol. The van der Waals surface area contributed by atoms with Gasteiger partial charge in [-0.2, -0.15) is 0 Å². The molecule has 1 aliphatic carbocycles. The lowest BCUT2D eigenvalue weighted by Gasteiger charge is -2.09. The molecule has 1 fully saturated rings. The summed E-state index contributed by atoms with van der Waals surface area (Å²) in [5.74, 6) is -0.215. The van der Waals surface area contributed by atoms with Gasteiger partial charge in [0.2, 0.25) is 5.91 Å². The van der Waals surface area contributed by atoms with Crippen molar-refractivity contribution in [2.75, 3.05) is 13.2 Å². The normalized spacial score (nSPS) is 16.1. The minimum Gasteiger partial charge on any atom is -0.464 e. The minimum atomic E-state index is -0.334. The fraction of sp³-hybridized carbons (Fsp3) is 0.833. The Morgan fingerprint density at radius 1 is 1.31 bits per heavy atom. The number of ether oxygens (including phenoxy) is 1. The van der Waals surface area contributed by atoms with E-state index >= 15 is 0 Å². The molecule has 0 aromatic rings. The quantitative estimate of drug-likeness (QED) is 0.554. The molecule has 1 aliphatic rings. The molecule has 0 atom stereocenters. The zero-order valence-electron chi connectivity index (χ0n) is 9.96. The van der Waals surface area contributed by atoms with Crippen molar-refractivity contribution in [3.8, 4) is 0 Å². The van der Waals surface area contributed by atoms with Crippen LogP contribution in [-0.4, -0.2) is 25.0 Å². The highest BCUT2D eigenvalue weighted by Crippen LogP contribution is 2.24. The number of nitrogens with one attached hydrogen (secondary N) is 1. The number of amides is 1. The van der Waals surface area contributed by atoms with E-state index in [9.17, 15) is 9.59 Å². The number of rotatable bonds is 6. The Balaban J connectivity index is 2.08. The van der Waals surface area contributed by atoms with E-state index in [1.54, 1.807) is 0 Å². The van der Waals surface area contributed by atoms with Crippen molar-refractivity contribution in [3.63, 3.8) is 0 Å². The number of unbranched alkanes of at least 4 members (excludes halogenated alkanes) is 1. The largest absolute Gasteiger partial charge is 0.464 e. The molecule has 1 rings (SSSR count). The van der Waals surface area contributed by atoms with Crippen LogP contribution in [0.2, 0.25) is 0 Å². The van der Waals surface area contributed by atoms with E-state index < -0.39 is 0 Å². The molecule has 1 saturated carbocycles. The first-order valence-electron chi connectivity index (χ1n) is 6.17. The molecule has 1 amide bonds. The highest BCUT2D eigenvalue weighted by Gasteiger charge is 2.22. The van der Waals surface area contributed by atoms with Gasteiger partial charge in [0.25, 0.3) is 0 Å². The third kappa shape index (κ3) is 4.64. The van der Waals surface area contributed by atoms with Gasteiger partial charge < -0.3 is 10.1 Å². The fourth-order valence-corrected chi connectivity index (χ4v) is 1.87. The molecule has 0 spiro atoms. The van der Waals surface area contributed by atoms with Crippen LogP contribution in [0.1, 0.15) is 45.4 Å². The molecule has 0 saturated heterocycles. The topological polar surface area (TPSA) is 55.4 Å². The second-order valence-electron chi connectivity index (χ2n) is 4.27. The van der Waals surface area contributed by atoms with Crippen molar-refractivity contribution in [3.05, 3.63) is 0 Å². The summed E-state index contributed by atoms with van der Waals surface area (Å²) in [6, 6.07) is 0. The van der Waals surface area contributed by atoms with Crippen molar-refractivity contribution in [2.45, 2.75) is 45.4 Å². The van der Waals surface area contributed by atoms with E-state index in [2.05, 4.69) is 5.32 Å². The third-order valence-corrected chi connectivity index (χ3v) is 2.89. The second-order valence-corrected chi connectivity index (χ2v) is 4.27. The molecule has 16 heavy (non-hydrogen) atoms.